The Morgan fingerprint density at radius 1 is 1.38 bits per heavy atom. The van der Waals surface area contributed by atoms with Crippen molar-refractivity contribution in [1.82, 2.24) is 0 Å². The van der Waals surface area contributed by atoms with Crippen LogP contribution in [0, 0.1) is 0 Å². The quantitative estimate of drug-likeness (QED) is 0.697. The molecule has 2 rings (SSSR count). The lowest BCUT2D eigenvalue weighted by Gasteiger charge is -2.18. The Bertz CT molecular complexity index is 366. The van der Waals surface area contributed by atoms with Crippen LogP contribution in [-0.2, 0) is 12.0 Å². The highest BCUT2D eigenvalue weighted by Gasteiger charge is 2.28. The first-order valence-electron chi connectivity index (χ1n) is 4.43. The predicted molar refractivity (Wildman–Crippen MR) is 53.5 cm³/mol. The first-order chi connectivity index (χ1) is 6.15. The number of aliphatic imine (C=N–C) groups is 1. The number of nitrogens with zero attached hydrogens (tertiary/aromatic N) is 1. The summed E-state index contributed by atoms with van der Waals surface area (Å²) in [5.74, 6) is 0. The normalized spacial score (nSPS) is 17.5. The molecule has 0 aromatic heterocycles. The van der Waals surface area contributed by atoms with Crippen molar-refractivity contribution in [2.75, 3.05) is 0 Å². The molecule has 2 nitrogen and oxygen atoms in total. The maximum absolute atomic E-state index is 9.18. The molecule has 1 aliphatic rings. The Morgan fingerprint density at radius 2 is 2.15 bits per heavy atom. The van der Waals surface area contributed by atoms with E-state index in [0.29, 0.717) is 0 Å². The minimum Gasteiger partial charge on any atom is -0.392 e. The first kappa shape index (κ1) is 8.45. The molecule has 0 aliphatic carbocycles. The van der Waals surface area contributed by atoms with Crippen LogP contribution in [0.15, 0.2) is 23.2 Å². The summed E-state index contributed by atoms with van der Waals surface area (Å²) in [4.78, 5) is 4.32. The molecule has 13 heavy (non-hydrogen) atoms. The third-order valence-corrected chi connectivity index (χ3v) is 2.47. The minimum absolute atomic E-state index is 0.0331. The summed E-state index contributed by atoms with van der Waals surface area (Å²) in [5.41, 5.74) is 3.11. The molecule has 0 amide bonds. The van der Waals surface area contributed by atoms with Gasteiger partial charge in [-0.25, -0.2) is 0 Å². The van der Waals surface area contributed by atoms with Crippen molar-refractivity contribution in [1.29, 1.82) is 0 Å². The van der Waals surface area contributed by atoms with Crippen LogP contribution in [0.1, 0.15) is 25.0 Å². The lowest BCUT2D eigenvalue weighted by atomic mass is 9.84. The van der Waals surface area contributed by atoms with Gasteiger partial charge in [0.25, 0.3) is 0 Å². The molecule has 0 unspecified atom stereocenters. The highest BCUT2D eigenvalue weighted by atomic mass is 16.3. The van der Waals surface area contributed by atoms with Gasteiger partial charge >= 0.3 is 0 Å². The highest BCUT2D eigenvalue weighted by Crippen LogP contribution is 2.38. The summed E-state index contributed by atoms with van der Waals surface area (Å²) in [6.07, 6.45) is 1.94. The van der Waals surface area contributed by atoms with E-state index in [-0.39, 0.29) is 12.0 Å². The van der Waals surface area contributed by atoms with E-state index in [1.807, 2.05) is 24.4 Å². The minimum atomic E-state index is -0.0331. The number of benzene rings is 1. The maximum atomic E-state index is 9.18. The molecule has 1 aliphatic heterocycles. The number of hydrogen-bond donors (Lipinski definition) is 1. The largest absolute Gasteiger partial charge is 0.392 e. The van der Waals surface area contributed by atoms with E-state index in [1.54, 1.807) is 0 Å². The van der Waals surface area contributed by atoms with E-state index < -0.39 is 0 Å². The van der Waals surface area contributed by atoms with E-state index in [4.69, 9.17) is 0 Å². The fraction of sp³-hybridized carbons (Fsp3) is 0.364. The zero-order chi connectivity index (χ0) is 9.47. The van der Waals surface area contributed by atoms with Gasteiger partial charge in [-0.3, -0.25) is 4.99 Å². The van der Waals surface area contributed by atoms with Gasteiger partial charge in [-0.05, 0) is 17.2 Å². The summed E-state index contributed by atoms with van der Waals surface area (Å²) in [6.45, 7) is 4.32. The third-order valence-electron chi connectivity index (χ3n) is 2.47. The van der Waals surface area contributed by atoms with Gasteiger partial charge in [0.1, 0.15) is 0 Å². The monoisotopic (exact) mass is 175 g/mol. The number of fused-ring (bicyclic) bond motifs is 1. The van der Waals surface area contributed by atoms with Crippen LogP contribution in [0.4, 0.5) is 5.69 Å². The molecule has 1 aromatic rings. The van der Waals surface area contributed by atoms with Crippen LogP contribution in [0.2, 0.25) is 0 Å². The molecule has 0 bridgehead atoms. The zero-order valence-corrected chi connectivity index (χ0v) is 7.91. The molecule has 1 N–H and O–H groups in total. The number of aliphatic hydroxyl groups excluding tert-OH is 1. The van der Waals surface area contributed by atoms with Gasteiger partial charge in [0.15, 0.2) is 0 Å². The maximum Gasteiger partial charge on any atom is 0.0685 e. The zero-order valence-electron chi connectivity index (χ0n) is 7.91. The number of hydrogen-bond acceptors (Lipinski definition) is 2. The van der Waals surface area contributed by atoms with Gasteiger partial charge in [-0.2, -0.15) is 0 Å². The van der Waals surface area contributed by atoms with Crippen molar-refractivity contribution < 1.29 is 5.11 Å². The molecule has 1 heterocycles. The second kappa shape index (κ2) is 2.67. The Labute approximate surface area is 77.9 Å². The van der Waals surface area contributed by atoms with Crippen LogP contribution in [-0.4, -0.2) is 11.3 Å². The average Bonchev–Trinajstić information content (AvgIpc) is 2.43. The van der Waals surface area contributed by atoms with Gasteiger partial charge in [0.05, 0.1) is 12.3 Å². The van der Waals surface area contributed by atoms with Gasteiger partial charge in [-0.1, -0.05) is 26.0 Å². The molecule has 0 fully saturated rings. The smallest absolute Gasteiger partial charge is 0.0685 e. The van der Waals surface area contributed by atoms with Gasteiger partial charge in [-0.15, -0.1) is 0 Å². The first-order valence-corrected chi connectivity index (χ1v) is 4.43. The van der Waals surface area contributed by atoms with Gasteiger partial charge < -0.3 is 5.11 Å². The van der Waals surface area contributed by atoms with E-state index >= 15 is 0 Å². The van der Waals surface area contributed by atoms with Crippen molar-refractivity contribution in [3.63, 3.8) is 0 Å². The summed E-state index contributed by atoms with van der Waals surface area (Å²) >= 11 is 0. The van der Waals surface area contributed by atoms with Crippen molar-refractivity contribution in [3.8, 4) is 0 Å². The molecule has 0 radical (unpaired) electrons. The Kier molecular flexibility index (Phi) is 1.74. The van der Waals surface area contributed by atoms with Crippen molar-refractivity contribution in [3.05, 3.63) is 29.3 Å². The molecule has 0 saturated carbocycles. The van der Waals surface area contributed by atoms with Crippen molar-refractivity contribution in [2.24, 2.45) is 4.99 Å². The van der Waals surface area contributed by atoms with Gasteiger partial charge in [0, 0.05) is 11.6 Å². The average molecular weight is 175 g/mol. The van der Waals surface area contributed by atoms with Crippen LogP contribution < -0.4 is 0 Å². The van der Waals surface area contributed by atoms with Gasteiger partial charge in [0.2, 0.25) is 0 Å². The molecule has 2 heteroatoms. The summed E-state index contributed by atoms with van der Waals surface area (Å²) in [6, 6.07) is 5.87. The Balaban J connectivity index is 2.64. The second-order valence-corrected chi connectivity index (χ2v) is 3.95. The lowest BCUT2D eigenvalue weighted by molar-refractivity contribution is 0.280. The van der Waals surface area contributed by atoms with Crippen LogP contribution in [0.5, 0.6) is 0 Å². The topological polar surface area (TPSA) is 32.6 Å². The van der Waals surface area contributed by atoms with E-state index in [0.717, 1.165) is 16.8 Å². The highest BCUT2D eigenvalue weighted by molar-refractivity contribution is 5.85. The molecule has 1 aromatic carbocycles. The number of aliphatic hydroxyl groups is 1. The Morgan fingerprint density at radius 3 is 2.85 bits per heavy atom. The fourth-order valence-corrected chi connectivity index (χ4v) is 1.87. The molecular weight excluding hydrogens is 162 g/mol. The molecular formula is C11H13NO. The van der Waals surface area contributed by atoms with E-state index in [1.165, 1.54) is 0 Å². The predicted octanol–water partition coefficient (Wildman–Crippen LogP) is 2.17. The molecule has 0 spiro atoms. The van der Waals surface area contributed by atoms with Crippen LogP contribution in [0.25, 0.3) is 0 Å². The molecule has 0 atom stereocenters. The summed E-state index contributed by atoms with van der Waals surface area (Å²) in [5, 5.41) is 9.18. The summed E-state index contributed by atoms with van der Waals surface area (Å²) < 4.78 is 0. The summed E-state index contributed by atoms with van der Waals surface area (Å²) in [7, 11) is 0. The van der Waals surface area contributed by atoms with Crippen molar-refractivity contribution in [2.45, 2.75) is 25.9 Å². The van der Waals surface area contributed by atoms with Crippen LogP contribution >= 0.6 is 0 Å². The SMILES string of the molecule is CC1(C)C=Nc2cccc(CO)c21. The van der Waals surface area contributed by atoms with E-state index in [9.17, 15) is 5.11 Å². The Hall–Kier alpha value is -1.15. The van der Waals surface area contributed by atoms with Crippen LogP contribution in [0.3, 0.4) is 0 Å². The second-order valence-electron chi connectivity index (χ2n) is 3.95. The lowest BCUT2D eigenvalue weighted by Crippen LogP contribution is -2.17. The third kappa shape index (κ3) is 1.18. The van der Waals surface area contributed by atoms with E-state index in [2.05, 4.69) is 18.8 Å². The molecule has 0 saturated heterocycles. The molecule has 68 valence electrons. The standard InChI is InChI=1S/C11H13NO/c1-11(2)7-12-9-5-3-4-8(6-13)10(9)11/h3-5,7,13H,6H2,1-2H3. The fourth-order valence-electron chi connectivity index (χ4n) is 1.87. The number of rotatable bonds is 1. The van der Waals surface area contributed by atoms with Crippen molar-refractivity contribution >= 4 is 11.9 Å².